The summed E-state index contributed by atoms with van der Waals surface area (Å²) in [6, 6.07) is 16.7. The molecule has 0 saturated heterocycles. The molecule has 4 nitrogen and oxygen atoms in total. The van der Waals surface area contributed by atoms with E-state index in [9.17, 15) is 32.6 Å². The Labute approximate surface area is 188 Å². The zero-order valence-corrected chi connectivity index (χ0v) is 17.6. The van der Waals surface area contributed by atoms with E-state index in [0.29, 0.717) is 11.6 Å². The Morgan fingerprint density at radius 1 is 0.909 bits per heavy atom. The van der Waals surface area contributed by atoms with Crippen molar-refractivity contribution in [2.45, 2.75) is 31.0 Å². The predicted octanol–water partition coefficient (Wildman–Crippen LogP) is 5.19. The van der Waals surface area contributed by atoms with Gasteiger partial charge in [-0.05, 0) is 60.7 Å². The number of rotatable bonds is 8. The van der Waals surface area contributed by atoms with Gasteiger partial charge < -0.3 is 15.5 Å². The lowest BCUT2D eigenvalue weighted by molar-refractivity contribution is -0.137. The Bertz CT molecular complexity index is 1100. The molecule has 0 heterocycles. The second-order valence-corrected chi connectivity index (χ2v) is 7.75. The van der Waals surface area contributed by atoms with E-state index >= 15 is 0 Å². The molecule has 1 amide bonds. The summed E-state index contributed by atoms with van der Waals surface area (Å²) in [5, 5.41) is 23.8. The van der Waals surface area contributed by atoms with Crippen LogP contribution in [0.3, 0.4) is 0 Å². The van der Waals surface area contributed by atoms with Gasteiger partial charge in [-0.15, -0.1) is 0 Å². The minimum Gasteiger partial charge on any atom is -0.507 e. The zero-order valence-electron chi connectivity index (χ0n) is 17.6. The summed E-state index contributed by atoms with van der Waals surface area (Å²) >= 11 is 0. The highest BCUT2D eigenvalue weighted by Crippen LogP contribution is 2.32. The summed E-state index contributed by atoms with van der Waals surface area (Å²) < 4.78 is 52.9. The Morgan fingerprint density at radius 2 is 1.58 bits per heavy atom. The molecule has 0 spiro atoms. The van der Waals surface area contributed by atoms with E-state index in [1.54, 1.807) is 42.5 Å². The van der Waals surface area contributed by atoms with Gasteiger partial charge in [0, 0.05) is 0 Å². The number of halogens is 4. The predicted molar refractivity (Wildman–Crippen MR) is 115 cm³/mol. The highest BCUT2D eigenvalue weighted by Gasteiger charge is 2.32. The van der Waals surface area contributed by atoms with Crippen LogP contribution in [0.15, 0.2) is 72.8 Å². The van der Waals surface area contributed by atoms with E-state index in [4.69, 9.17) is 0 Å². The zero-order chi connectivity index (χ0) is 24.1. The molecule has 0 radical (unpaired) electrons. The van der Waals surface area contributed by atoms with Crippen LogP contribution >= 0.6 is 0 Å². The van der Waals surface area contributed by atoms with Crippen molar-refractivity contribution >= 4 is 5.91 Å². The molecule has 0 aromatic heterocycles. The highest BCUT2D eigenvalue weighted by molar-refractivity contribution is 5.96. The maximum atomic E-state index is 14.1. The number of carbonyl (C=O) groups is 1. The van der Waals surface area contributed by atoms with Crippen LogP contribution in [0, 0.1) is 5.82 Å². The smallest absolute Gasteiger partial charge is 0.416 e. The number of hydrogen-bond acceptors (Lipinski definition) is 3. The third-order valence-electron chi connectivity index (χ3n) is 5.41. The summed E-state index contributed by atoms with van der Waals surface area (Å²) in [5.41, 5.74) is -2.06. The fraction of sp³-hybridized carbons (Fsp3) is 0.240. The highest BCUT2D eigenvalue weighted by atomic mass is 19.4. The summed E-state index contributed by atoms with van der Waals surface area (Å²) in [4.78, 5) is 12.5. The van der Waals surface area contributed by atoms with Gasteiger partial charge in [-0.25, -0.2) is 4.39 Å². The summed E-state index contributed by atoms with van der Waals surface area (Å²) in [7, 11) is 0. The minimum atomic E-state index is -4.58. The van der Waals surface area contributed by atoms with Crippen LogP contribution in [0.5, 0.6) is 5.75 Å². The van der Waals surface area contributed by atoms with Crippen LogP contribution in [0.2, 0.25) is 0 Å². The lowest BCUT2D eigenvalue weighted by Gasteiger charge is -2.29. The molecule has 3 rings (SSSR count). The van der Waals surface area contributed by atoms with Crippen LogP contribution in [0.25, 0.3) is 0 Å². The minimum absolute atomic E-state index is 0.0294. The second kappa shape index (κ2) is 10.0. The van der Waals surface area contributed by atoms with Gasteiger partial charge in [0.05, 0.1) is 17.7 Å². The number of aliphatic hydroxyl groups is 1. The molecule has 33 heavy (non-hydrogen) atoms. The molecule has 0 aliphatic rings. The average molecular weight is 461 g/mol. The summed E-state index contributed by atoms with van der Waals surface area (Å²) in [5.74, 6) is -1.55. The number of phenolic OH excluding ortho intramolecular Hbond substituents is 1. The van der Waals surface area contributed by atoms with Gasteiger partial charge in [-0.1, -0.05) is 42.5 Å². The van der Waals surface area contributed by atoms with Gasteiger partial charge >= 0.3 is 6.18 Å². The van der Waals surface area contributed by atoms with Crippen molar-refractivity contribution in [1.82, 2.24) is 5.32 Å². The molecule has 1 unspecified atom stereocenters. The molecular formula is C25H23F4NO3. The average Bonchev–Trinajstić information content (AvgIpc) is 2.79. The Balaban J connectivity index is 1.74. The first-order valence-corrected chi connectivity index (χ1v) is 10.3. The van der Waals surface area contributed by atoms with Gasteiger partial charge in [0.25, 0.3) is 5.91 Å². The monoisotopic (exact) mass is 461 g/mol. The van der Waals surface area contributed by atoms with Crippen LogP contribution in [0.1, 0.15) is 39.9 Å². The van der Waals surface area contributed by atoms with E-state index in [0.717, 1.165) is 12.1 Å². The number of carbonyl (C=O) groups excluding carboxylic acids is 1. The number of para-hydroxylation sites is 1. The first kappa shape index (κ1) is 24.3. The van der Waals surface area contributed by atoms with Gasteiger partial charge in [-0.2, -0.15) is 13.2 Å². The fourth-order valence-electron chi connectivity index (χ4n) is 3.58. The van der Waals surface area contributed by atoms with Crippen molar-refractivity contribution in [2.75, 3.05) is 6.54 Å². The van der Waals surface area contributed by atoms with E-state index in [1.165, 1.54) is 12.1 Å². The van der Waals surface area contributed by atoms with Crippen molar-refractivity contribution < 1.29 is 32.6 Å². The van der Waals surface area contributed by atoms with Crippen molar-refractivity contribution in [2.24, 2.45) is 0 Å². The number of nitrogens with one attached hydrogen (secondary N) is 1. The first-order chi connectivity index (χ1) is 15.6. The van der Waals surface area contributed by atoms with E-state index in [1.807, 2.05) is 0 Å². The van der Waals surface area contributed by atoms with E-state index < -0.39 is 29.1 Å². The molecule has 0 fully saturated rings. The summed E-state index contributed by atoms with van der Waals surface area (Å²) in [6.07, 6.45) is -4.40. The first-order valence-electron chi connectivity index (χ1n) is 10.3. The standard InChI is InChI=1S/C25H23F4NO3/c26-21-13-12-19(25(27,28)29)15-17(21)7-6-14-24(33,18-8-2-1-3-9-18)16-30-23(32)20-10-4-5-11-22(20)31/h1-5,8-13,15,31,33H,6-7,14,16H2,(H,30,32). The van der Waals surface area contributed by atoms with Crippen molar-refractivity contribution in [3.63, 3.8) is 0 Å². The number of alkyl halides is 3. The van der Waals surface area contributed by atoms with Gasteiger partial charge in [0.1, 0.15) is 17.2 Å². The number of benzene rings is 3. The molecule has 174 valence electrons. The van der Waals surface area contributed by atoms with E-state index in [2.05, 4.69) is 5.32 Å². The number of amides is 1. The van der Waals surface area contributed by atoms with Crippen molar-refractivity contribution in [1.29, 1.82) is 0 Å². The molecule has 0 aliphatic heterocycles. The maximum absolute atomic E-state index is 14.1. The molecule has 0 bridgehead atoms. The lowest BCUT2D eigenvalue weighted by Crippen LogP contribution is -2.41. The van der Waals surface area contributed by atoms with Crippen LogP contribution in [-0.4, -0.2) is 22.7 Å². The normalized spacial score (nSPS) is 13.4. The molecule has 3 aromatic carbocycles. The number of aromatic hydroxyl groups is 1. The third kappa shape index (κ3) is 6.10. The quantitative estimate of drug-likeness (QED) is 0.405. The number of aryl methyl sites for hydroxylation is 1. The Hall–Kier alpha value is -3.39. The Kier molecular flexibility index (Phi) is 7.38. The molecular weight excluding hydrogens is 438 g/mol. The molecule has 0 aliphatic carbocycles. The van der Waals surface area contributed by atoms with Crippen molar-refractivity contribution in [3.05, 3.63) is 101 Å². The fourth-order valence-corrected chi connectivity index (χ4v) is 3.58. The van der Waals surface area contributed by atoms with Gasteiger partial charge in [0.2, 0.25) is 0 Å². The topological polar surface area (TPSA) is 69.6 Å². The van der Waals surface area contributed by atoms with Crippen LogP contribution in [0.4, 0.5) is 17.6 Å². The second-order valence-electron chi connectivity index (χ2n) is 7.75. The van der Waals surface area contributed by atoms with Gasteiger partial charge in [-0.3, -0.25) is 4.79 Å². The van der Waals surface area contributed by atoms with Gasteiger partial charge in [0.15, 0.2) is 0 Å². The molecule has 3 aromatic rings. The van der Waals surface area contributed by atoms with Crippen LogP contribution < -0.4 is 5.32 Å². The number of hydrogen-bond donors (Lipinski definition) is 3. The molecule has 8 heteroatoms. The largest absolute Gasteiger partial charge is 0.507 e. The molecule has 0 saturated carbocycles. The Morgan fingerprint density at radius 3 is 2.24 bits per heavy atom. The summed E-state index contributed by atoms with van der Waals surface area (Å²) in [6.45, 7) is -0.213. The maximum Gasteiger partial charge on any atom is 0.416 e. The SMILES string of the molecule is O=C(NCC(O)(CCCc1cc(C(F)(F)F)ccc1F)c1ccccc1)c1ccccc1O. The lowest BCUT2D eigenvalue weighted by atomic mass is 9.87. The molecule has 1 atom stereocenters. The van der Waals surface area contributed by atoms with Crippen LogP contribution in [-0.2, 0) is 18.2 Å². The third-order valence-corrected chi connectivity index (χ3v) is 5.41. The number of phenols is 1. The molecule has 3 N–H and O–H groups in total. The van der Waals surface area contributed by atoms with Crippen molar-refractivity contribution in [3.8, 4) is 5.75 Å². The van der Waals surface area contributed by atoms with E-state index in [-0.39, 0.29) is 42.7 Å².